The minimum absolute atomic E-state index is 0.0295. The number of hydrogen-bond acceptors (Lipinski definition) is 3. The number of carbonyl (C=O) groups excluding carboxylic acids is 1. The minimum atomic E-state index is -0.0954. The van der Waals surface area contributed by atoms with Gasteiger partial charge in [0.25, 0.3) is 0 Å². The number of amides is 1. The quantitative estimate of drug-likeness (QED) is 0.829. The summed E-state index contributed by atoms with van der Waals surface area (Å²) >= 11 is 5.89. The van der Waals surface area contributed by atoms with Gasteiger partial charge in [-0.2, -0.15) is 0 Å². The number of hydrogen-bond donors (Lipinski definition) is 2. The molecule has 0 aliphatic rings. The van der Waals surface area contributed by atoms with Crippen LogP contribution in [0.15, 0.2) is 18.2 Å². The smallest absolute Gasteiger partial charge is 0.239 e. The van der Waals surface area contributed by atoms with Crippen molar-refractivity contribution < 1.29 is 9.90 Å². The maximum absolute atomic E-state index is 11.6. The lowest BCUT2D eigenvalue weighted by molar-refractivity contribution is -0.119. The molecule has 0 saturated carbocycles. The third kappa shape index (κ3) is 3.89. The molecule has 18 heavy (non-hydrogen) atoms. The first-order valence-electron chi connectivity index (χ1n) is 6.03. The monoisotopic (exact) mass is 270 g/mol. The largest absolute Gasteiger partial charge is 0.392 e. The van der Waals surface area contributed by atoms with Crippen molar-refractivity contribution in [2.75, 3.05) is 24.5 Å². The van der Waals surface area contributed by atoms with E-state index in [2.05, 4.69) is 5.32 Å². The number of halogens is 1. The van der Waals surface area contributed by atoms with Gasteiger partial charge in [0.1, 0.15) is 0 Å². The molecule has 4 nitrogen and oxygen atoms in total. The van der Waals surface area contributed by atoms with Crippen LogP contribution in [0, 0.1) is 0 Å². The second-order valence-corrected chi connectivity index (χ2v) is 4.34. The second-order valence-electron chi connectivity index (χ2n) is 3.90. The Kier molecular flexibility index (Phi) is 5.95. The van der Waals surface area contributed by atoms with Crippen molar-refractivity contribution in [2.24, 2.45) is 0 Å². The van der Waals surface area contributed by atoms with Crippen LogP contribution >= 0.6 is 11.6 Å². The lowest BCUT2D eigenvalue weighted by Gasteiger charge is -2.24. The zero-order valence-electron chi connectivity index (χ0n) is 10.7. The van der Waals surface area contributed by atoms with Crippen LogP contribution < -0.4 is 10.2 Å². The van der Waals surface area contributed by atoms with Crippen LogP contribution in [0.1, 0.15) is 19.4 Å². The second kappa shape index (κ2) is 7.24. The van der Waals surface area contributed by atoms with Gasteiger partial charge in [0.05, 0.1) is 13.2 Å². The highest BCUT2D eigenvalue weighted by Crippen LogP contribution is 2.24. The van der Waals surface area contributed by atoms with Crippen molar-refractivity contribution in [1.29, 1.82) is 0 Å². The Morgan fingerprint density at radius 1 is 1.44 bits per heavy atom. The number of benzene rings is 1. The van der Waals surface area contributed by atoms with Gasteiger partial charge in [0.15, 0.2) is 0 Å². The predicted molar refractivity (Wildman–Crippen MR) is 73.9 cm³/mol. The van der Waals surface area contributed by atoms with Gasteiger partial charge in [-0.05, 0) is 32.0 Å². The van der Waals surface area contributed by atoms with Gasteiger partial charge in [0.2, 0.25) is 5.91 Å². The summed E-state index contributed by atoms with van der Waals surface area (Å²) < 4.78 is 0. The zero-order chi connectivity index (χ0) is 13.5. The van der Waals surface area contributed by atoms with Crippen molar-refractivity contribution in [3.63, 3.8) is 0 Å². The lowest BCUT2D eigenvalue weighted by Crippen LogP contribution is -2.37. The normalized spacial score (nSPS) is 10.2. The molecule has 1 amide bonds. The number of anilines is 1. The summed E-state index contributed by atoms with van der Waals surface area (Å²) in [6, 6.07) is 5.31. The molecule has 0 bridgehead atoms. The fraction of sp³-hybridized carbons (Fsp3) is 0.462. The first-order valence-corrected chi connectivity index (χ1v) is 6.41. The van der Waals surface area contributed by atoms with E-state index < -0.39 is 0 Å². The van der Waals surface area contributed by atoms with Gasteiger partial charge in [-0.1, -0.05) is 11.6 Å². The summed E-state index contributed by atoms with van der Waals surface area (Å²) in [5, 5.41) is 12.7. The third-order valence-corrected chi connectivity index (χ3v) is 2.88. The molecule has 0 aliphatic carbocycles. The highest BCUT2D eigenvalue weighted by molar-refractivity contribution is 6.30. The van der Waals surface area contributed by atoms with E-state index in [4.69, 9.17) is 11.6 Å². The van der Waals surface area contributed by atoms with Crippen molar-refractivity contribution in [2.45, 2.75) is 20.5 Å². The van der Waals surface area contributed by atoms with E-state index >= 15 is 0 Å². The summed E-state index contributed by atoms with van der Waals surface area (Å²) in [6.07, 6.45) is 0. The average molecular weight is 271 g/mol. The molecule has 0 fully saturated rings. The molecule has 2 N–H and O–H groups in total. The molecule has 0 unspecified atom stereocenters. The molecule has 0 aliphatic heterocycles. The zero-order valence-corrected chi connectivity index (χ0v) is 11.5. The number of nitrogens with zero attached hydrogens (tertiary/aromatic N) is 1. The van der Waals surface area contributed by atoms with Gasteiger partial charge in [-0.15, -0.1) is 0 Å². The number of aliphatic hydroxyl groups is 1. The van der Waals surface area contributed by atoms with E-state index in [0.717, 1.165) is 11.3 Å². The average Bonchev–Trinajstić information content (AvgIpc) is 2.36. The SMILES string of the molecule is CCNC(=O)CN(CC)c1ccc(Cl)cc1CO. The first-order chi connectivity index (χ1) is 8.62. The van der Waals surface area contributed by atoms with Gasteiger partial charge < -0.3 is 15.3 Å². The molecule has 0 saturated heterocycles. The Hall–Kier alpha value is -1.26. The molecule has 1 rings (SSSR count). The number of carbonyl (C=O) groups is 1. The highest BCUT2D eigenvalue weighted by atomic mass is 35.5. The number of rotatable bonds is 6. The lowest BCUT2D eigenvalue weighted by atomic mass is 10.1. The Morgan fingerprint density at radius 3 is 2.72 bits per heavy atom. The summed E-state index contributed by atoms with van der Waals surface area (Å²) in [6.45, 7) is 5.33. The van der Waals surface area contributed by atoms with Gasteiger partial charge in [-0.25, -0.2) is 0 Å². The summed E-state index contributed by atoms with van der Waals surface area (Å²) in [7, 11) is 0. The molecular formula is C13H19ClN2O2. The van der Waals surface area contributed by atoms with Crippen LogP contribution in [0.2, 0.25) is 5.02 Å². The molecular weight excluding hydrogens is 252 g/mol. The Balaban J connectivity index is 2.90. The fourth-order valence-corrected chi connectivity index (χ4v) is 1.98. The van der Waals surface area contributed by atoms with Crippen LogP contribution in [0.5, 0.6) is 0 Å². The molecule has 0 radical (unpaired) electrons. The molecule has 1 aromatic rings. The van der Waals surface area contributed by atoms with Gasteiger partial charge >= 0.3 is 0 Å². The van der Waals surface area contributed by atoms with Crippen LogP contribution in [-0.4, -0.2) is 30.6 Å². The number of aliphatic hydroxyl groups excluding tert-OH is 1. The standard InChI is InChI=1S/C13H19ClN2O2/c1-3-15-13(18)8-16(4-2)12-6-5-11(14)7-10(12)9-17/h5-7,17H,3-4,8-9H2,1-2H3,(H,15,18). The van der Waals surface area contributed by atoms with E-state index in [1.807, 2.05) is 24.8 Å². The molecule has 100 valence electrons. The van der Waals surface area contributed by atoms with Crippen LogP contribution in [0.3, 0.4) is 0 Å². The molecule has 0 heterocycles. The van der Waals surface area contributed by atoms with Crippen molar-refractivity contribution in [3.8, 4) is 0 Å². The van der Waals surface area contributed by atoms with E-state index in [9.17, 15) is 9.90 Å². The molecule has 0 spiro atoms. The van der Waals surface area contributed by atoms with E-state index in [0.29, 0.717) is 18.1 Å². The number of likely N-dealkylation sites (N-methyl/N-ethyl adjacent to an activating group) is 2. The topological polar surface area (TPSA) is 52.6 Å². The molecule has 0 aromatic heterocycles. The van der Waals surface area contributed by atoms with Crippen molar-refractivity contribution in [1.82, 2.24) is 5.32 Å². The fourth-order valence-electron chi connectivity index (χ4n) is 1.78. The third-order valence-electron chi connectivity index (χ3n) is 2.64. The van der Waals surface area contributed by atoms with E-state index in [-0.39, 0.29) is 19.1 Å². The van der Waals surface area contributed by atoms with Crippen LogP contribution in [0.25, 0.3) is 0 Å². The van der Waals surface area contributed by atoms with Crippen LogP contribution in [-0.2, 0) is 11.4 Å². The molecule has 1 aromatic carbocycles. The van der Waals surface area contributed by atoms with E-state index in [1.165, 1.54) is 0 Å². The maximum Gasteiger partial charge on any atom is 0.239 e. The minimum Gasteiger partial charge on any atom is -0.392 e. The molecule has 0 atom stereocenters. The molecule has 5 heteroatoms. The predicted octanol–water partition coefficient (Wildman–Crippen LogP) is 1.79. The van der Waals surface area contributed by atoms with Crippen LogP contribution in [0.4, 0.5) is 5.69 Å². The van der Waals surface area contributed by atoms with Gasteiger partial charge in [-0.3, -0.25) is 4.79 Å². The summed E-state index contributed by atoms with van der Waals surface area (Å²) in [4.78, 5) is 13.5. The first kappa shape index (κ1) is 14.8. The Morgan fingerprint density at radius 2 is 2.17 bits per heavy atom. The Bertz CT molecular complexity index is 410. The van der Waals surface area contributed by atoms with Crippen molar-refractivity contribution >= 4 is 23.2 Å². The summed E-state index contributed by atoms with van der Waals surface area (Å²) in [5.74, 6) is -0.0295. The van der Waals surface area contributed by atoms with Gasteiger partial charge in [0, 0.05) is 29.4 Å². The summed E-state index contributed by atoms with van der Waals surface area (Å²) in [5.41, 5.74) is 1.57. The number of nitrogens with one attached hydrogen (secondary N) is 1. The van der Waals surface area contributed by atoms with Crippen molar-refractivity contribution in [3.05, 3.63) is 28.8 Å². The highest BCUT2D eigenvalue weighted by Gasteiger charge is 2.13. The Labute approximate surface area is 113 Å². The van der Waals surface area contributed by atoms with E-state index in [1.54, 1.807) is 12.1 Å². The maximum atomic E-state index is 11.6.